The molecule has 3 nitrogen and oxygen atoms in total. The van der Waals surface area contributed by atoms with Crippen LogP contribution in [0.25, 0.3) is 32.8 Å². The van der Waals surface area contributed by atoms with E-state index in [1.807, 2.05) is 36.5 Å². The van der Waals surface area contributed by atoms with Crippen LogP contribution >= 0.6 is 0 Å². The molecular weight excluding hydrogens is 270 g/mol. The quantitative estimate of drug-likeness (QED) is 0.418. The van der Waals surface area contributed by atoms with E-state index in [9.17, 15) is 0 Å². The Bertz CT molecular complexity index is 960. The third-order valence-corrected chi connectivity index (χ3v) is 3.74. The predicted molar refractivity (Wildman–Crippen MR) is 91.9 cm³/mol. The highest BCUT2D eigenvalue weighted by molar-refractivity contribution is 6.05. The lowest BCUT2D eigenvalue weighted by atomic mass is 10.2. The molecule has 0 fully saturated rings. The van der Waals surface area contributed by atoms with Crippen LogP contribution in [0.2, 0.25) is 0 Å². The summed E-state index contributed by atoms with van der Waals surface area (Å²) in [6.45, 7) is 0. The summed E-state index contributed by atoms with van der Waals surface area (Å²) in [7, 11) is 0. The number of nitrogens with one attached hydrogen (secondary N) is 2. The molecule has 0 saturated heterocycles. The Kier molecular flexibility index (Phi) is 3.09. The van der Waals surface area contributed by atoms with Crippen molar-refractivity contribution in [3.63, 3.8) is 0 Å². The van der Waals surface area contributed by atoms with E-state index in [4.69, 9.17) is 0 Å². The lowest BCUT2D eigenvalue weighted by Crippen LogP contribution is -1.71. The van der Waals surface area contributed by atoms with Gasteiger partial charge in [0.2, 0.25) is 0 Å². The smallest absolute Gasteiger partial charge is 0.138 e. The van der Waals surface area contributed by atoms with Crippen LogP contribution in [0.5, 0.6) is 0 Å². The average molecular weight is 285 g/mol. The van der Waals surface area contributed by atoms with Crippen LogP contribution in [-0.4, -0.2) is 15.0 Å². The Labute approximate surface area is 127 Å². The number of H-pyrrole nitrogens is 2. The summed E-state index contributed by atoms with van der Waals surface area (Å²) >= 11 is 0. The zero-order chi connectivity index (χ0) is 14.8. The first kappa shape index (κ1) is 12.7. The van der Waals surface area contributed by atoms with Gasteiger partial charge in [-0.25, -0.2) is 4.98 Å². The molecule has 0 bridgehead atoms. The molecular formula is C19H15N3. The fourth-order valence-electron chi connectivity index (χ4n) is 2.67. The average Bonchev–Trinajstić information content (AvgIpc) is 3.19. The van der Waals surface area contributed by atoms with Gasteiger partial charge in [0.25, 0.3) is 0 Å². The molecule has 0 atom stereocenters. The molecule has 0 aliphatic rings. The first-order valence-electron chi connectivity index (χ1n) is 7.25. The molecule has 3 heteroatoms. The molecule has 2 aromatic carbocycles. The summed E-state index contributed by atoms with van der Waals surface area (Å²) in [5, 5.41) is 3.71. The maximum absolute atomic E-state index is 4.26. The molecule has 0 radical (unpaired) electrons. The van der Waals surface area contributed by atoms with Gasteiger partial charge < -0.3 is 9.97 Å². The normalized spacial score (nSPS) is 10.7. The van der Waals surface area contributed by atoms with E-state index < -0.39 is 0 Å². The highest BCUT2D eigenvalue weighted by Gasteiger charge is 2.01. The van der Waals surface area contributed by atoms with Gasteiger partial charge in [0.05, 0.1) is 0 Å². The molecule has 5 rings (SSSR count). The van der Waals surface area contributed by atoms with Crippen molar-refractivity contribution < 1.29 is 0 Å². The van der Waals surface area contributed by atoms with Crippen LogP contribution in [0.3, 0.4) is 0 Å². The summed E-state index contributed by atoms with van der Waals surface area (Å²) in [6.07, 6.45) is 3.75. The molecule has 0 unspecified atom stereocenters. The van der Waals surface area contributed by atoms with Crippen LogP contribution in [0.15, 0.2) is 79.1 Å². The summed E-state index contributed by atoms with van der Waals surface area (Å²) in [5.41, 5.74) is 3.32. The van der Waals surface area contributed by atoms with Gasteiger partial charge in [0.1, 0.15) is 5.65 Å². The van der Waals surface area contributed by atoms with E-state index >= 15 is 0 Å². The lowest BCUT2D eigenvalue weighted by Gasteiger charge is -1.87. The highest BCUT2D eigenvalue weighted by Crippen LogP contribution is 2.22. The summed E-state index contributed by atoms with van der Waals surface area (Å²) in [6, 6.07) is 22.6. The Morgan fingerprint density at radius 3 is 2.36 bits per heavy atom. The third kappa shape index (κ3) is 2.23. The van der Waals surface area contributed by atoms with E-state index in [1.165, 1.54) is 21.7 Å². The number of nitrogens with zero attached hydrogens (tertiary/aromatic N) is 1. The number of fused-ring (bicyclic) bond motifs is 4. The van der Waals surface area contributed by atoms with Crippen molar-refractivity contribution in [2.75, 3.05) is 0 Å². The number of benzene rings is 2. The number of hydrogen-bond donors (Lipinski definition) is 2. The fourth-order valence-corrected chi connectivity index (χ4v) is 2.67. The van der Waals surface area contributed by atoms with Gasteiger partial charge in [-0.15, -0.1) is 0 Å². The molecule has 106 valence electrons. The summed E-state index contributed by atoms with van der Waals surface area (Å²) < 4.78 is 0. The van der Waals surface area contributed by atoms with Crippen LogP contribution in [0, 0.1) is 0 Å². The van der Waals surface area contributed by atoms with Gasteiger partial charge in [-0.2, -0.15) is 0 Å². The minimum Gasteiger partial charge on any atom is -0.361 e. The molecule has 0 aliphatic carbocycles. The zero-order valence-electron chi connectivity index (χ0n) is 12.0. The van der Waals surface area contributed by atoms with Crippen LogP contribution in [0.1, 0.15) is 0 Å². The van der Waals surface area contributed by atoms with Gasteiger partial charge in [0, 0.05) is 34.2 Å². The fraction of sp³-hybridized carbons (Fsp3) is 0. The van der Waals surface area contributed by atoms with Crippen LogP contribution in [-0.2, 0) is 0 Å². The van der Waals surface area contributed by atoms with Crippen molar-refractivity contribution in [2.45, 2.75) is 0 Å². The van der Waals surface area contributed by atoms with Crippen molar-refractivity contribution in [2.24, 2.45) is 0 Å². The molecule has 5 aromatic rings. The number of aromatic nitrogens is 3. The van der Waals surface area contributed by atoms with Gasteiger partial charge >= 0.3 is 0 Å². The van der Waals surface area contributed by atoms with E-state index in [0.29, 0.717) is 0 Å². The SMILES string of the molecule is c1ccc2[nH]ccc2c1.c1ccc2c(c1)[nH]c1ncccc12. The number of rotatable bonds is 0. The number of para-hydroxylation sites is 2. The van der Waals surface area contributed by atoms with Crippen molar-refractivity contribution in [1.29, 1.82) is 0 Å². The van der Waals surface area contributed by atoms with E-state index in [2.05, 4.69) is 51.4 Å². The Morgan fingerprint density at radius 2 is 1.45 bits per heavy atom. The van der Waals surface area contributed by atoms with Gasteiger partial charge in [-0.1, -0.05) is 36.4 Å². The minimum atomic E-state index is 0.962. The Morgan fingerprint density at radius 1 is 0.682 bits per heavy atom. The number of pyridine rings is 1. The van der Waals surface area contributed by atoms with Crippen molar-refractivity contribution >= 4 is 32.8 Å². The standard InChI is InChI=1S/C11H8N2.C8H7N/c1-2-6-10-8(4-1)9-5-3-7-12-11(9)13-10;1-2-4-8-7(3-1)5-6-9-8/h1-7H,(H,12,13);1-6,9H. The van der Waals surface area contributed by atoms with Crippen molar-refractivity contribution in [1.82, 2.24) is 15.0 Å². The zero-order valence-corrected chi connectivity index (χ0v) is 12.0. The molecule has 3 aromatic heterocycles. The second-order valence-corrected chi connectivity index (χ2v) is 5.14. The second-order valence-electron chi connectivity index (χ2n) is 5.14. The molecule has 0 amide bonds. The first-order chi connectivity index (χ1) is 10.9. The first-order valence-corrected chi connectivity index (χ1v) is 7.25. The molecule has 2 N–H and O–H groups in total. The van der Waals surface area contributed by atoms with Gasteiger partial charge in [0.15, 0.2) is 0 Å². The Hall–Kier alpha value is -3.07. The van der Waals surface area contributed by atoms with Crippen molar-refractivity contribution in [3.05, 3.63) is 79.1 Å². The molecule has 0 saturated carbocycles. The third-order valence-electron chi connectivity index (χ3n) is 3.74. The van der Waals surface area contributed by atoms with E-state index in [1.54, 1.807) is 6.20 Å². The predicted octanol–water partition coefficient (Wildman–Crippen LogP) is 4.88. The maximum Gasteiger partial charge on any atom is 0.138 e. The largest absolute Gasteiger partial charge is 0.361 e. The van der Waals surface area contributed by atoms with Crippen LogP contribution < -0.4 is 0 Å². The second kappa shape index (κ2) is 5.37. The minimum absolute atomic E-state index is 0.962. The topological polar surface area (TPSA) is 44.5 Å². The number of aromatic amines is 2. The summed E-state index contributed by atoms with van der Waals surface area (Å²) in [4.78, 5) is 10.6. The molecule has 3 heterocycles. The molecule has 0 spiro atoms. The van der Waals surface area contributed by atoms with Crippen LogP contribution in [0.4, 0.5) is 0 Å². The number of hydrogen-bond acceptors (Lipinski definition) is 1. The van der Waals surface area contributed by atoms with Crippen molar-refractivity contribution in [3.8, 4) is 0 Å². The molecule has 22 heavy (non-hydrogen) atoms. The molecule has 0 aliphatic heterocycles. The lowest BCUT2D eigenvalue weighted by molar-refractivity contribution is 1.35. The summed E-state index contributed by atoms with van der Waals surface area (Å²) in [5.74, 6) is 0. The Balaban J connectivity index is 0.000000122. The van der Waals surface area contributed by atoms with Gasteiger partial charge in [-0.3, -0.25) is 0 Å². The highest BCUT2D eigenvalue weighted by atomic mass is 14.8. The van der Waals surface area contributed by atoms with E-state index in [0.717, 1.165) is 11.2 Å². The van der Waals surface area contributed by atoms with Gasteiger partial charge in [-0.05, 0) is 35.7 Å². The monoisotopic (exact) mass is 285 g/mol. The van der Waals surface area contributed by atoms with E-state index in [-0.39, 0.29) is 0 Å². The maximum atomic E-state index is 4.26.